The van der Waals surface area contributed by atoms with Gasteiger partial charge >= 0.3 is 8.60 Å². The summed E-state index contributed by atoms with van der Waals surface area (Å²) >= 11 is 0. The molecule has 2 N–H and O–H groups in total. The summed E-state index contributed by atoms with van der Waals surface area (Å²) in [6.07, 6.45) is 0. The lowest BCUT2D eigenvalue weighted by molar-refractivity contribution is -0.125. The fourth-order valence-electron chi connectivity index (χ4n) is 1.18. The first-order valence-corrected chi connectivity index (χ1v) is 6.86. The van der Waals surface area contributed by atoms with E-state index >= 15 is 0 Å². The van der Waals surface area contributed by atoms with Gasteiger partial charge in [0.15, 0.2) is 0 Å². The molecule has 0 unspecified atom stereocenters. The molecule has 6 nitrogen and oxygen atoms in total. The minimum absolute atomic E-state index is 0.0893. The van der Waals surface area contributed by atoms with Gasteiger partial charge in [-0.25, -0.2) is 4.62 Å². The number of rotatable bonds is 10. The summed E-state index contributed by atoms with van der Waals surface area (Å²) in [5.74, 6) is 0. The van der Waals surface area contributed by atoms with E-state index in [9.17, 15) is 0 Å². The third-order valence-corrected chi connectivity index (χ3v) is 2.86. The van der Waals surface area contributed by atoms with E-state index in [1.807, 2.05) is 27.7 Å². The average Bonchev–Trinajstić information content (AvgIpc) is 2.27. The second-order valence-electron chi connectivity index (χ2n) is 3.97. The third-order valence-electron chi connectivity index (χ3n) is 1.75. The van der Waals surface area contributed by atoms with Crippen LogP contribution in [0.25, 0.3) is 0 Å². The van der Waals surface area contributed by atoms with Gasteiger partial charge in [0.1, 0.15) is 0 Å². The molecule has 0 radical (unpaired) electrons. The Morgan fingerprint density at radius 2 is 1.35 bits per heavy atom. The lowest BCUT2D eigenvalue weighted by Crippen LogP contribution is -2.36. The minimum atomic E-state index is -1.57. The summed E-state index contributed by atoms with van der Waals surface area (Å²) in [4.78, 5) is 0. The van der Waals surface area contributed by atoms with Crippen LogP contribution in [0.4, 0.5) is 0 Å². The Kier molecular flexibility index (Phi) is 10.3. The van der Waals surface area contributed by atoms with Gasteiger partial charge in [-0.3, -0.25) is 0 Å². The molecule has 0 bridgehead atoms. The number of hydrogen-bond donors (Lipinski definition) is 2. The van der Waals surface area contributed by atoms with Crippen molar-refractivity contribution in [1.82, 2.24) is 5.06 Å². The topological polar surface area (TPSA) is 71.4 Å². The van der Waals surface area contributed by atoms with Crippen molar-refractivity contribution in [2.24, 2.45) is 0 Å². The van der Waals surface area contributed by atoms with Crippen LogP contribution in [0.15, 0.2) is 0 Å². The molecule has 0 amide bonds. The molecule has 0 aliphatic carbocycles. The molecule has 0 atom stereocenters. The van der Waals surface area contributed by atoms with E-state index in [1.165, 1.54) is 0 Å². The Morgan fingerprint density at radius 3 is 1.65 bits per heavy atom. The van der Waals surface area contributed by atoms with Crippen LogP contribution in [0, 0.1) is 0 Å². The molecule has 0 aliphatic rings. The molecular formula is C10H24NO5P. The van der Waals surface area contributed by atoms with E-state index in [4.69, 9.17) is 23.9 Å². The van der Waals surface area contributed by atoms with Crippen molar-refractivity contribution in [2.45, 2.75) is 39.8 Å². The van der Waals surface area contributed by atoms with E-state index in [-0.39, 0.29) is 38.5 Å². The Balaban J connectivity index is 4.25. The lowest BCUT2D eigenvalue weighted by Gasteiger charge is -2.31. The Hall–Kier alpha value is 0.190. The first kappa shape index (κ1) is 17.2. The van der Waals surface area contributed by atoms with E-state index < -0.39 is 8.60 Å². The predicted molar refractivity (Wildman–Crippen MR) is 66.2 cm³/mol. The Morgan fingerprint density at radius 1 is 0.941 bits per heavy atom. The maximum atomic E-state index is 8.70. The maximum Gasteiger partial charge on any atom is 0.351 e. The molecule has 0 fully saturated rings. The van der Waals surface area contributed by atoms with Gasteiger partial charge in [0.05, 0.1) is 26.4 Å². The van der Waals surface area contributed by atoms with E-state index in [1.54, 1.807) is 5.06 Å². The molecule has 104 valence electrons. The van der Waals surface area contributed by atoms with E-state index in [0.717, 1.165) is 0 Å². The van der Waals surface area contributed by atoms with Gasteiger partial charge in [0.25, 0.3) is 0 Å². The highest BCUT2D eigenvalue weighted by molar-refractivity contribution is 7.41. The first-order chi connectivity index (χ1) is 8.02. The highest BCUT2D eigenvalue weighted by Gasteiger charge is 2.22. The van der Waals surface area contributed by atoms with Gasteiger partial charge < -0.3 is 19.3 Å². The number of aliphatic hydroxyl groups excluding tert-OH is 2. The molecule has 0 aromatic rings. The smallest absolute Gasteiger partial charge is 0.351 e. The molecule has 0 heterocycles. The fourth-order valence-corrected chi connectivity index (χ4v) is 2.34. The highest BCUT2D eigenvalue weighted by Crippen LogP contribution is 2.41. The number of hydroxylamine groups is 2. The van der Waals surface area contributed by atoms with Gasteiger partial charge in [-0.2, -0.15) is 5.06 Å². The van der Waals surface area contributed by atoms with Gasteiger partial charge in [0, 0.05) is 12.1 Å². The lowest BCUT2D eigenvalue weighted by atomic mass is 10.3. The fraction of sp³-hybridized carbons (Fsp3) is 1.00. The van der Waals surface area contributed by atoms with Crippen molar-refractivity contribution >= 4 is 8.60 Å². The van der Waals surface area contributed by atoms with Crippen LogP contribution in [0.2, 0.25) is 0 Å². The van der Waals surface area contributed by atoms with Crippen LogP contribution < -0.4 is 0 Å². The van der Waals surface area contributed by atoms with Gasteiger partial charge in [-0.15, -0.1) is 0 Å². The molecule has 7 heteroatoms. The number of aliphatic hydroxyl groups is 2. The van der Waals surface area contributed by atoms with Crippen molar-refractivity contribution in [2.75, 3.05) is 26.4 Å². The van der Waals surface area contributed by atoms with Crippen LogP contribution in [-0.2, 0) is 13.7 Å². The van der Waals surface area contributed by atoms with Crippen LogP contribution in [0.3, 0.4) is 0 Å². The predicted octanol–water partition coefficient (Wildman–Crippen LogP) is 1.28. The van der Waals surface area contributed by atoms with Crippen molar-refractivity contribution in [3.8, 4) is 0 Å². The average molecular weight is 269 g/mol. The van der Waals surface area contributed by atoms with Crippen LogP contribution in [0.1, 0.15) is 27.7 Å². The summed E-state index contributed by atoms with van der Waals surface area (Å²) < 4.78 is 16.1. The zero-order valence-corrected chi connectivity index (χ0v) is 11.9. The number of hydrogen-bond acceptors (Lipinski definition) is 6. The van der Waals surface area contributed by atoms with Crippen LogP contribution in [0.5, 0.6) is 0 Å². The number of nitrogens with zero attached hydrogens (tertiary/aromatic N) is 1. The van der Waals surface area contributed by atoms with Crippen molar-refractivity contribution in [3.63, 3.8) is 0 Å². The maximum absolute atomic E-state index is 8.70. The molecule has 17 heavy (non-hydrogen) atoms. The summed E-state index contributed by atoms with van der Waals surface area (Å²) in [6.45, 7) is 8.15. The minimum Gasteiger partial charge on any atom is -0.394 e. The zero-order chi connectivity index (χ0) is 13.3. The molecule has 0 aliphatic heterocycles. The Bertz CT molecular complexity index is 166. The summed E-state index contributed by atoms with van der Waals surface area (Å²) in [6, 6.07) is 0.380. The molecule has 0 aromatic heterocycles. The highest BCUT2D eigenvalue weighted by atomic mass is 31.2. The quantitative estimate of drug-likeness (QED) is 0.460. The van der Waals surface area contributed by atoms with Crippen molar-refractivity contribution < 1.29 is 23.9 Å². The van der Waals surface area contributed by atoms with Crippen LogP contribution in [-0.4, -0.2) is 53.8 Å². The molecular weight excluding hydrogens is 245 g/mol. The molecule has 0 aromatic carbocycles. The van der Waals surface area contributed by atoms with Gasteiger partial charge in [-0.1, -0.05) is 0 Å². The first-order valence-electron chi connectivity index (χ1n) is 5.77. The van der Waals surface area contributed by atoms with Crippen LogP contribution >= 0.6 is 8.60 Å². The summed E-state index contributed by atoms with van der Waals surface area (Å²) in [5.41, 5.74) is 0. The van der Waals surface area contributed by atoms with Crippen molar-refractivity contribution in [1.29, 1.82) is 0 Å². The SMILES string of the molecule is CC(C)N(OP(OCCO)OCCO)C(C)C. The third kappa shape index (κ3) is 8.00. The monoisotopic (exact) mass is 269 g/mol. The standard InChI is InChI=1S/C10H24NO5P/c1-9(2)11(10(3)4)16-17(14-7-5-12)15-8-6-13/h9-10,12-13H,5-8H2,1-4H3. The molecule has 0 rings (SSSR count). The largest absolute Gasteiger partial charge is 0.394 e. The molecule has 0 saturated carbocycles. The zero-order valence-electron chi connectivity index (χ0n) is 11.0. The van der Waals surface area contributed by atoms with E-state index in [0.29, 0.717) is 0 Å². The normalized spacial score (nSPS) is 12.4. The van der Waals surface area contributed by atoms with E-state index in [2.05, 4.69) is 0 Å². The van der Waals surface area contributed by atoms with Crippen molar-refractivity contribution in [3.05, 3.63) is 0 Å². The summed E-state index contributed by atoms with van der Waals surface area (Å²) in [5, 5.41) is 19.2. The second kappa shape index (κ2) is 10.1. The van der Waals surface area contributed by atoms with Gasteiger partial charge in [-0.05, 0) is 27.7 Å². The molecule has 0 spiro atoms. The van der Waals surface area contributed by atoms with Gasteiger partial charge in [0.2, 0.25) is 0 Å². The summed E-state index contributed by atoms with van der Waals surface area (Å²) in [7, 11) is -1.57. The Labute approximate surface area is 104 Å². The molecule has 0 saturated heterocycles. The second-order valence-corrected chi connectivity index (χ2v) is 5.09.